The third kappa shape index (κ3) is 11.5. The van der Waals surface area contributed by atoms with Crippen molar-refractivity contribution in [3.8, 4) is 11.5 Å². The molecule has 1 rings (SSSR count). The third-order valence-corrected chi connectivity index (χ3v) is 4.69. The number of unbranched alkanes of at least 4 members (excludes halogenated alkanes) is 11. The molecule has 0 amide bonds. The molecule has 0 atom stereocenters. The second kappa shape index (κ2) is 15.8. The van der Waals surface area contributed by atoms with Crippen molar-refractivity contribution in [2.75, 3.05) is 13.2 Å². The Kier molecular flexibility index (Phi) is 13.4. The van der Waals surface area contributed by atoms with Crippen molar-refractivity contribution >= 4 is 12.4 Å². The highest BCUT2D eigenvalue weighted by molar-refractivity contribution is 5.90. The van der Waals surface area contributed by atoms with E-state index in [0.717, 1.165) is 25.7 Å². The number of benzene rings is 1. The predicted molar refractivity (Wildman–Crippen MR) is 108 cm³/mol. The molecule has 158 valence electrons. The molecule has 0 aliphatic carbocycles. The molecule has 2 N–H and O–H groups in total. The van der Waals surface area contributed by atoms with Crippen molar-refractivity contribution in [1.82, 2.24) is 0 Å². The molecule has 0 saturated heterocycles. The summed E-state index contributed by atoms with van der Waals surface area (Å²) in [7, 11) is 0. The Balaban J connectivity index is 1.87. The van der Waals surface area contributed by atoms with Gasteiger partial charge in [-0.2, -0.15) is 0 Å². The molecule has 0 radical (unpaired) electrons. The third-order valence-electron chi connectivity index (χ3n) is 4.69. The number of hydrogen-bond acceptors (Lipinski definition) is 5. The second-order valence-corrected chi connectivity index (χ2v) is 7.04. The van der Waals surface area contributed by atoms with Crippen LogP contribution < -0.4 is 4.74 Å². The van der Waals surface area contributed by atoms with Crippen molar-refractivity contribution in [1.29, 1.82) is 0 Å². The van der Waals surface area contributed by atoms with Gasteiger partial charge in [0.05, 0.1) is 13.2 Å². The fourth-order valence-corrected chi connectivity index (χ4v) is 3.08. The number of aromatic hydroxyl groups is 1. The van der Waals surface area contributed by atoms with Gasteiger partial charge in [0.25, 0.3) is 6.47 Å². The monoisotopic (exact) mass is 394 g/mol. The van der Waals surface area contributed by atoms with E-state index < -0.39 is 5.97 Å². The molecule has 6 heteroatoms. The number of carbonyl (C=O) groups is 2. The summed E-state index contributed by atoms with van der Waals surface area (Å²) in [5.41, 5.74) is -0.114. The molecule has 28 heavy (non-hydrogen) atoms. The summed E-state index contributed by atoms with van der Waals surface area (Å²) in [4.78, 5) is 20.8. The van der Waals surface area contributed by atoms with Crippen LogP contribution in [0.15, 0.2) is 18.2 Å². The minimum atomic E-state index is -1.15. The van der Waals surface area contributed by atoms with Crippen molar-refractivity contribution in [3.05, 3.63) is 23.8 Å². The van der Waals surface area contributed by atoms with E-state index >= 15 is 0 Å². The van der Waals surface area contributed by atoms with E-state index in [1.807, 2.05) is 0 Å². The Labute approximate surface area is 167 Å². The molecule has 6 nitrogen and oxygen atoms in total. The fraction of sp³-hybridized carbons (Fsp3) is 0.636. The van der Waals surface area contributed by atoms with E-state index in [1.165, 1.54) is 63.5 Å². The number of aromatic carboxylic acids is 1. The lowest BCUT2D eigenvalue weighted by atomic mass is 10.1. The first kappa shape index (κ1) is 23.8. The van der Waals surface area contributed by atoms with Crippen LogP contribution in [0.2, 0.25) is 0 Å². The number of phenols is 1. The maximum absolute atomic E-state index is 10.8. The molecule has 0 saturated carbocycles. The molecule has 0 aliphatic heterocycles. The van der Waals surface area contributed by atoms with Gasteiger partial charge >= 0.3 is 5.97 Å². The Morgan fingerprint density at radius 2 is 1.32 bits per heavy atom. The highest BCUT2D eigenvalue weighted by Crippen LogP contribution is 2.23. The number of hydrogen-bond donors (Lipinski definition) is 2. The molecule has 0 unspecified atom stereocenters. The van der Waals surface area contributed by atoms with Gasteiger partial charge < -0.3 is 19.7 Å². The van der Waals surface area contributed by atoms with Crippen LogP contribution in [0.25, 0.3) is 0 Å². The first-order chi connectivity index (χ1) is 13.6. The molecule has 1 aromatic rings. The SMILES string of the molecule is O=COCCCCCCCCCCCCCCOc1ccc(C(=O)O)c(O)c1. The Bertz CT molecular complexity index is 558. The smallest absolute Gasteiger partial charge is 0.339 e. The van der Waals surface area contributed by atoms with Crippen molar-refractivity contribution in [2.24, 2.45) is 0 Å². The number of rotatable bonds is 18. The number of carboxylic acid groups (broad SMARTS) is 1. The summed E-state index contributed by atoms with van der Waals surface area (Å²) in [6.45, 7) is 1.64. The molecular weight excluding hydrogens is 360 g/mol. The zero-order valence-corrected chi connectivity index (χ0v) is 16.7. The molecule has 0 aliphatic rings. The van der Waals surface area contributed by atoms with Crippen LogP contribution in [0.1, 0.15) is 87.4 Å². The van der Waals surface area contributed by atoms with Gasteiger partial charge in [0.1, 0.15) is 17.1 Å². The van der Waals surface area contributed by atoms with Gasteiger partial charge in [-0.05, 0) is 25.0 Å². The van der Waals surface area contributed by atoms with Crippen molar-refractivity contribution < 1.29 is 29.3 Å². The Hall–Kier alpha value is -2.24. The van der Waals surface area contributed by atoms with Gasteiger partial charge in [-0.25, -0.2) is 4.79 Å². The topological polar surface area (TPSA) is 93.1 Å². The van der Waals surface area contributed by atoms with Crippen molar-refractivity contribution in [3.63, 3.8) is 0 Å². The van der Waals surface area contributed by atoms with Gasteiger partial charge in [-0.3, -0.25) is 4.79 Å². The van der Waals surface area contributed by atoms with E-state index in [1.54, 1.807) is 6.07 Å². The Morgan fingerprint density at radius 1 is 0.821 bits per heavy atom. The van der Waals surface area contributed by atoms with E-state index in [0.29, 0.717) is 25.4 Å². The summed E-state index contributed by atoms with van der Waals surface area (Å²) in [6, 6.07) is 4.28. The average molecular weight is 395 g/mol. The van der Waals surface area contributed by atoms with Crippen LogP contribution in [0.3, 0.4) is 0 Å². The summed E-state index contributed by atoms with van der Waals surface area (Å²) in [5, 5.41) is 18.5. The van der Waals surface area contributed by atoms with Gasteiger partial charge in [-0.15, -0.1) is 0 Å². The van der Waals surface area contributed by atoms with Crippen LogP contribution in [-0.2, 0) is 9.53 Å². The van der Waals surface area contributed by atoms with E-state index in [4.69, 9.17) is 9.84 Å². The summed E-state index contributed by atoms with van der Waals surface area (Å²) in [6.07, 6.45) is 14.3. The van der Waals surface area contributed by atoms with Gasteiger partial charge in [-0.1, -0.05) is 64.2 Å². The first-order valence-corrected chi connectivity index (χ1v) is 10.4. The number of carboxylic acids is 1. The highest BCUT2D eigenvalue weighted by atomic mass is 16.5. The van der Waals surface area contributed by atoms with E-state index in [9.17, 15) is 14.7 Å². The zero-order valence-electron chi connectivity index (χ0n) is 16.7. The highest BCUT2D eigenvalue weighted by Gasteiger charge is 2.09. The first-order valence-electron chi connectivity index (χ1n) is 10.4. The average Bonchev–Trinajstić information content (AvgIpc) is 2.67. The van der Waals surface area contributed by atoms with Crippen LogP contribution in [0.5, 0.6) is 11.5 Å². The fourth-order valence-electron chi connectivity index (χ4n) is 3.08. The molecule has 0 spiro atoms. The van der Waals surface area contributed by atoms with Gasteiger partial charge in [0, 0.05) is 6.07 Å². The Morgan fingerprint density at radius 3 is 1.79 bits per heavy atom. The van der Waals surface area contributed by atoms with Crippen molar-refractivity contribution in [2.45, 2.75) is 77.0 Å². The van der Waals surface area contributed by atoms with Crippen LogP contribution >= 0.6 is 0 Å². The molecule has 0 bridgehead atoms. The lowest BCUT2D eigenvalue weighted by molar-refractivity contribution is -0.128. The summed E-state index contributed by atoms with van der Waals surface area (Å²) in [5.74, 6) is -0.916. The quantitative estimate of drug-likeness (QED) is 0.258. The maximum Gasteiger partial charge on any atom is 0.339 e. The van der Waals surface area contributed by atoms with Gasteiger partial charge in [0.2, 0.25) is 0 Å². The molecule has 0 heterocycles. The molecule has 0 aromatic heterocycles. The molecular formula is C22H34O6. The second-order valence-electron chi connectivity index (χ2n) is 7.04. The van der Waals surface area contributed by atoms with Crippen LogP contribution in [-0.4, -0.2) is 35.9 Å². The lowest BCUT2D eigenvalue weighted by Gasteiger charge is -2.08. The standard InChI is InChI=1S/C22H34O6/c23-18-27-15-11-9-7-5-3-1-2-4-6-8-10-12-16-28-19-13-14-20(22(25)26)21(24)17-19/h13-14,17-18,24H,1-12,15-16H2,(H,25,26). The molecule has 1 aromatic carbocycles. The van der Waals surface area contributed by atoms with E-state index in [-0.39, 0.29) is 11.3 Å². The number of ether oxygens (including phenoxy) is 2. The predicted octanol–water partition coefficient (Wildman–Crippen LogP) is 5.32. The van der Waals surface area contributed by atoms with Crippen LogP contribution in [0, 0.1) is 0 Å². The minimum absolute atomic E-state index is 0.114. The normalized spacial score (nSPS) is 10.6. The maximum atomic E-state index is 10.8. The summed E-state index contributed by atoms with van der Waals surface area (Å²) >= 11 is 0. The van der Waals surface area contributed by atoms with Gasteiger partial charge in [0.15, 0.2) is 0 Å². The van der Waals surface area contributed by atoms with Crippen LogP contribution in [0.4, 0.5) is 0 Å². The zero-order chi connectivity index (χ0) is 20.5. The minimum Gasteiger partial charge on any atom is -0.507 e. The largest absolute Gasteiger partial charge is 0.507 e. The van der Waals surface area contributed by atoms with E-state index in [2.05, 4.69) is 4.74 Å². The number of carbonyl (C=O) groups excluding carboxylic acids is 1. The summed E-state index contributed by atoms with van der Waals surface area (Å²) < 4.78 is 10.2. The lowest BCUT2D eigenvalue weighted by Crippen LogP contribution is -2.00. The molecule has 0 fully saturated rings.